The van der Waals surface area contributed by atoms with Crippen LogP contribution in [0.4, 0.5) is 21.0 Å². The van der Waals surface area contributed by atoms with Gasteiger partial charge in [0.15, 0.2) is 0 Å². The average molecular weight is 203 g/mol. The maximum absolute atomic E-state index is 11.3. The maximum Gasteiger partial charge on any atom is 0.479 e. The van der Waals surface area contributed by atoms with Crippen LogP contribution in [0.15, 0.2) is 4.52 Å². The predicted octanol–water partition coefficient (Wildman–Crippen LogP) is 4.00. The number of hydrogen-bond acceptors (Lipinski definition) is 1. The highest BCUT2D eigenvalue weighted by Gasteiger charge is 2.23. The Labute approximate surface area is 53.0 Å². The van der Waals surface area contributed by atoms with Gasteiger partial charge in [-0.25, -0.2) is 0 Å². The van der Waals surface area contributed by atoms with Gasteiger partial charge in [0.25, 0.3) is 0 Å². The molecule has 0 bridgehead atoms. The molecule has 0 fully saturated rings. The molecule has 0 aromatic rings. The molecule has 0 aromatic carbocycles. The highest BCUT2D eigenvalue weighted by molar-refractivity contribution is 8.09. The Morgan fingerprint density at radius 3 is 1.33 bits per heavy atom. The molecule has 0 aliphatic heterocycles. The molecule has 0 rings (SSSR count). The van der Waals surface area contributed by atoms with Gasteiger partial charge in [-0.1, -0.05) is 0 Å². The van der Waals surface area contributed by atoms with E-state index >= 15 is 0 Å². The molecule has 0 saturated heterocycles. The number of rotatable bonds is 1. The van der Waals surface area contributed by atoms with E-state index in [0.29, 0.717) is 0 Å². The van der Waals surface area contributed by atoms with Crippen molar-refractivity contribution in [3.8, 4) is 0 Å². The van der Waals surface area contributed by atoms with Crippen molar-refractivity contribution in [1.82, 2.24) is 0 Å². The molecular weight excluding hydrogens is 203 g/mol. The van der Waals surface area contributed by atoms with Gasteiger partial charge in [0.1, 0.15) is 0 Å². The zero-order valence-electron chi connectivity index (χ0n) is 3.64. The van der Waals surface area contributed by atoms with Crippen LogP contribution in [-0.2, 0) is 11.8 Å². The van der Waals surface area contributed by atoms with Crippen LogP contribution >= 0.6 is 14.8 Å². The zero-order chi connectivity index (χ0) is 7.71. The quantitative estimate of drug-likeness (QED) is 0.463. The Balaban J connectivity index is 4.53. The van der Waals surface area contributed by atoms with Crippen molar-refractivity contribution in [3.05, 3.63) is 0 Å². The molecule has 9 heteroatoms. The fourth-order valence-electron chi connectivity index (χ4n) is 0.118. The van der Waals surface area contributed by atoms with Crippen molar-refractivity contribution in [2.75, 3.05) is 0 Å². The molecule has 0 aliphatic carbocycles. The number of nitrogens with zero attached hydrogens (tertiary/aromatic N) is 1. The fraction of sp³-hybridized carbons (Fsp3) is 0. The molecule has 0 atom stereocenters. The van der Waals surface area contributed by atoms with Crippen LogP contribution in [0.1, 0.15) is 0 Å². The summed E-state index contributed by atoms with van der Waals surface area (Å²) in [6, 6.07) is 0. The minimum atomic E-state index is -6.22. The maximum atomic E-state index is 11.3. The van der Waals surface area contributed by atoms with Crippen LogP contribution in [0.3, 0.4) is 0 Å². The van der Waals surface area contributed by atoms with Gasteiger partial charge in [-0.15, -0.1) is 17.1 Å². The second-order valence-electron chi connectivity index (χ2n) is 0.943. The topological polar surface area (TPSA) is 12.4 Å². The summed E-state index contributed by atoms with van der Waals surface area (Å²) in [5.41, 5.74) is 0. The smallest absolute Gasteiger partial charge is 0.157 e. The Morgan fingerprint density at radius 1 is 1.00 bits per heavy atom. The van der Waals surface area contributed by atoms with Crippen molar-refractivity contribution < 1.29 is 21.0 Å². The van der Waals surface area contributed by atoms with Gasteiger partial charge in [-0.3, -0.25) is 0 Å². The first kappa shape index (κ1) is 9.53. The summed E-state index contributed by atoms with van der Waals surface area (Å²) < 4.78 is 56.7. The van der Waals surface area contributed by atoms with E-state index < -0.39 is 14.8 Å². The van der Waals surface area contributed by atoms with Crippen LogP contribution < -0.4 is 0 Å². The lowest BCUT2D eigenvalue weighted by atomic mass is 13.9. The lowest BCUT2D eigenvalue weighted by Gasteiger charge is -1.92. The monoisotopic (exact) mass is 203 g/mol. The van der Waals surface area contributed by atoms with E-state index in [4.69, 9.17) is 0 Å². The molecule has 0 unspecified atom stereocenters. The molecule has 0 amide bonds. The summed E-state index contributed by atoms with van der Waals surface area (Å²) in [5, 5.41) is 0. The number of halogens is 5. The van der Waals surface area contributed by atoms with Crippen LogP contribution in [-0.4, -0.2) is 0 Å². The summed E-state index contributed by atoms with van der Waals surface area (Å²) in [5.74, 6) is 0. The fourth-order valence-corrected chi connectivity index (χ4v) is 1.81. The van der Waals surface area contributed by atoms with Crippen LogP contribution in [0.25, 0.3) is 0 Å². The number of hydrogen-bond donors (Lipinski definition) is 0. The van der Waals surface area contributed by atoms with E-state index in [2.05, 4.69) is 11.8 Å². The van der Waals surface area contributed by atoms with Gasteiger partial charge in [0.05, 0.1) is 0 Å². The first-order valence-corrected chi connectivity index (χ1v) is 5.38. The van der Waals surface area contributed by atoms with Gasteiger partial charge >= 0.3 is 14.8 Å². The van der Waals surface area contributed by atoms with Crippen molar-refractivity contribution in [2.24, 2.45) is 4.52 Å². The molecule has 0 aliphatic rings. The second-order valence-corrected chi connectivity index (χ2v) is 4.68. The van der Waals surface area contributed by atoms with Gasteiger partial charge in [0, 0.05) is 0 Å². The Bertz CT molecular complexity index is 177. The Hall–Kier alpha value is 0.530. The predicted molar refractivity (Wildman–Crippen MR) is 29.2 cm³/mol. The molecular formula is F5NP2S. The molecule has 9 heavy (non-hydrogen) atoms. The lowest BCUT2D eigenvalue weighted by Crippen LogP contribution is -1.49. The van der Waals surface area contributed by atoms with Crippen molar-refractivity contribution in [3.63, 3.8) is 0 Å². The largest absolute Gasteiger partial charge is 0.479 e. The molecule has 0 N–H and O–H groups in total. The third kappa shape index (κ3) is 8.53. The minimum absolute atomic E-state index is 1.25. The van der Waals surface area contributed by atoms with E-state index in [1.165, 1.54) is 4.52 Å². The first-order valence-electron chi connectivity index (χ1n) is 1.43. The summed E-state index contributed by atoms with van der Waals surface area (Å²) in [4.78, 5) is 0. The van der Waals surface area contributed by atoms with E-state index in [1.807, 2.05) is 0 Å². The van der Waals surface area contributed by atoms with Gasteiger partial charge in [-0.05, 0) is 11.8 Å². The third-order valence-electron chi connectivity index (χ3n) is 0.206. The van der Waals surface area contributed by atoms with E-state index in [0.717, 1.165) is 0 Å². The van der Waals surface area contributed by atoms with E-state index in [9.17, 15) is 21.0 Å². The Morgan fingerprint density at radius 2 is 1.33 bits per heavy atom. The molecule has 0 saturated carbocycles. The van der Waals surface area contributed by atoms with Crippen molar-refractivity contribution in [2.45, 2.75) is 0 Å². The summed E-state index contributed by atoms with van der Waals surface area (Å²) >= 11 is 3.15. The van der Waals surface area contributed by atoms with Crippen molar-refractivity contribution in [1.29, 1.82) is 0 Å². The zero-order valence-corrected chi connectivity index (χ0v) is 6.25. The summed E-state index contributed by atoms with van der Waals surface area (Å²) in [6.45, 7) is -5.40. The molecule has 0 aromatic heterocycles. The SMILES string of the molecule is FP(F)(=S)N=P(F)(F)F. The van der Waals surface area contributed by atoms with Gasteiger partial charge in [0.2, 0.25) is 0 Å². The molecule has 56 valence electrons. The standard InChI is InChI=1S/F5NP2S/c1-7(2,3)6-8(4,5)9. The normalized spacial score (nSPS) is 13.4. The van der Waals surface area contributed by atoms with Gasteiger partial charge < -0.3 is 0 Å². The Kier molecular flexibility index (Phi) is 2.80. The van der Waals surface area contributed by atoms with Crippen LogP contribution in [0.2, 0.25) is 0 Å². The highest BCUT2D eigenvalue weighted by atomic mass is 32.5. The lowest BCUT2D eigenvalue weighted by molar-refractivity contribution is 0.607. The van der Waals surface area contributed by atoms with Crippen LogP contribution in [0, 0.1) is 0 Å². The minimum Gasteiger partial charge on any atom is -0.157 e. The molecule has 0 heterocycles. The van der Waals surface area contributed by atoms with Crippen molar-refractivity contribution >= 4 is 26.6 Å². The average Bonchev–Trinajstić information content (AvgIpc) is 1.14. The van der Waals surface area contributed by atoms with E-state index in [1.54, 1.807) is 0 Å². The first-order chi connectivity index (χ1) is 3.71. The van der Waals surface area contributed by atoms with Gasteiger partial charge in [-0.2, -0.15) is 8.39 Å². The second kappa shape index (κ2) is 2.64. The third-order valence-corrected chi connectivity index (χ3v) is 2.51. The molecule has 0 spiro atoms. The summed E-state index contributed by atoms with van der Waals surface area (Å²) in [6.07, 6.45) is 0. The summed E-state index contributed by atoms with van der Waals surface area (Å²) in [7, 11) is -6.22. The highest BCUT2D eigenvalue weighted by Crippen LogP contribution is 2.66. The molecule has 1 nitrogen and oxygen atoms in total. The van der Waals surface area contributed by atoms with E-state index in [-0.39, 0.29) is 0 Å². The van der Waals surface area contributed by atoms with Crippen LogP contribution in [0.5, 0.6) is 0 Å². The molecule has 0 radical (unpaired) electrons.